The topological polar surface area (TPSA) is 191 Å². The first-order chi connectivity index (χ1) is 25.6. The lowest BCUT2D eigenvalue weighted by molar-refractivity contribution is -0.316. The molecule has 4 N–H and O–H groups in total. The van der Waals surface area contributed by atoms with Crippen molar-refractivity contribution in [3.05, 3.63) is 51.6 Å². The highest BCUT2D eigenvalue weighted by molar-refractivity contribution is 6.31. The number of fused-ring (bicyclic) bond motifs is 3. The molecule has 2 aromatic carbocycles. The number of ether oxygens (including phenoxy) is 6. The Morgan fingerprint density at radius 2 is 1.52 bits per heavy atom. The number of phenolic OH excluding ortho intramolecular Hbond substituents is 3. The Balaban J connectivity index is 1.10. The number of aliphatic hydroxyl groups is 1. The fraction of sp³-hybridized carbons (Fsp3) is 0.625. The Labute approximate surface area is 314 Å². The summed E-state index contributed by atoms with van der Waals surface area (Å²) in [5, 5.41) is 45.8. The minimum absolute atomic E-state index is 0.0312. The Morgan fingerprint density at radius 3 is 2.20 bits per heavy atom. The van der Waals surface area contributed by atoms with Gasteiger partial charge >= 0.3 is 0 Å². The predicted molar refractivity (Wildman–Crippen MR) is 190 cm³/mol. The first-order valence-corrected chi connectivity index (χ1v) is 19.0. The first kappa shape index (κ1) is 38.8. The summed E-state index contributed by atoms with van der Waals surface area (Å²) in [4.78, 5) is 41.3. The van der Waals surface area contributed by atoms with Crippen molar-refractivity contribution in [3.8, 4) is 17.2 Å². The number of hydrogen-bond acceptors (Lipinski definition) is 14. The normalized spacial score (nSPS) is 35.4. The van der Waals surface area contributed by atoms with Gasteiger partial charge in [-0.15, -0.1) is 0 Å². The van der Waals surface area contributed by atoms with Gasteiger partial charge in [0.1, 0.15) is 35.6 Å². The molecule has 11 atom stereocenters. The van der Waals surface area contributed by atoms with E-state index in [0.717, 1.165) is 0 Å². The fourth-order valence-electron chi connectivity index (χ4n) is 8.77. The summed E-state index contributed by atoms with van der Waals surface area (Å²) in [6.07, 6.45) is -2.13. The fourth-order valence-corrected chi connectivity index (χ4v) is 8.77. The van der Waals surface area contributed by atoms with Crippen LogP contribution in [0, 0.1) is 0 Å². The monoisotopic (exact) mass is 753 g/mol. The summed E-state index contributed by atoms with van der Waals surface area (Å²) in [5.74, 6) is -2.89. The summed E-state index contributed by atoms with van der Waals surface area (Å²) in [6.45, 7) is 7.32. The maximum absolute atomic E-state index is 13.8. The van der Waals surface area contributed by atoms with E-state index in [2.05, 4.69) is 0 Å². The van der Waals surface area contributed by atoms with Gasteiger partial charge in [0.15, 0.2) is 30.4 Å². The van der Waals surface area contributed by atoms with E-state index >= 15 is 0 Å². The zero-order chi connectivity index (χ0) is 38.8. The van der Waals surface area contributed by atoms with Gasteiger partial charge in [-0.1, -0.05) is 19.1 Å². The quantitative estimate of drug-likeness (QED) is 0.240. The smallest absolute Gasteiger partial charge is 0.202 e. The number of hydrogen-bond donors (Lipinski definition) is 4. The van der Waals surface area contributed by atoms with Crippen LogP contribution in [0.1, 0.15) is 122 Å². The Bertz CT molecular complexity index is 1810. The Kier molecular flexibility index (Phi) is 10.7. The number of benzene rings is 2. The molecule has 14 heteroatoms. The molecule has 7 rings (SSSR count). The molecule has 3 heterocycles. The van der Waals surface area contributed by atoms with Crippen LogP contribution in [0.15, 0.2) is 18.2 Å². The molecule has 0 radical (unpaired) electrons. The summed E-state index contributed by atoms with van der Waals surface area (Å²) < 4.78 is 37.8. The molecule has 3 saturated heterocycles. The molecular weight excluding hydrogens is 702 g/mol. The van der Waals surface area contributed by atoms with Crippen molar-refractivity contribution in [2.75, 3.05) is 14.1 Å². The summed E-state index contributed by atoms with van der Waals surface area (Å²) in [6, 6.07) is 3.86. The van der Waals surface area contributed by atoms with Crippen molar-refractivity contribution in [1.29, 1.82) is 0 Å². The van der Waals surface area contributed by atoms with Gasteiger partial charge in [0.25, 0.3) is 0 Å². The zero-order valence-electron chi connectivity index (χ0n) is 31.6. The largest absolute Gasteiger partial charge is 0.507 e. The number of ketones is 3. The molecule has 2 aromatic rings. The zero-order valence-corrected chi connectivity index (χ0v) is 31.6. The average Bonchev–Trinajstić information content (AvgIpc) is 3.13. The number of carbonyl (C=O) groups excluding carboxylic acids is 3. The minimum Gasteiger partial charge on any atom is -0.507 e. The molecular formula is C40H51NO13. The van der Waals surface area contributed by atoms with Crippen molar-refractivity contribution in [1.82, 2.24) is 4.90 Å². The SMILES string of the molecule is CCC1(O)CCc2c(O)c3c(c(O)c2C1OC1CC(N(C)C)C(OC2CCC(OC4CCC(=O)C(C)O4)C(C)O2)C(C)O1)C(=O)c1cccc(O)c1C3=O. The summed E-state index contributed by atoms with van der Waals surface area (Å²) >= 11 is 0. The highest BCUT2D eigenvalue weighted by Gasteiger charge is 2.51. The van der Waals surface area contributed by atoms with Gasteiger partial charge < -0.3 is 53.7 Å². The molecule has 0 amide bonds. The number of likely N-dealkylation sites (N-methyl/N-ethyl adjacent to an activating group) is 1. The van der Waals surface area contributed by atoms with E-state index in [0.29, 0.717) is 32.1 Å². The second-order valence-electron chi connectivity index (χ2n) is 15.5. The van der Waals surface area contributed by atoms with E-state index in [9.17, 15) is 34.8 Å². The van der Waals surface area contributed by atoms with Crippen LogP contribution in [-0.4, -0.2) is 118 Å². The van der Waals surface area contributed by atoms with Crippen LogP contribution in [-0.2, 0) is 39.6 Å². The van der Waals surface area contributed by atoms with Gasteiger partial charge in [0.2, 0.25) is 5.78 Å². The molecule has 5 aliphatic rings. The van der Waals surface area contributed by atoms with E-state index in [1.807, 2.05) is 32.8 Å². The highest BCUT2D eigenvalue weighted by atomic mass is 16.7. The minimum atomic E-state index is -1.52. The molecule has 11 unspecified atom stereocenters. The molecule has 2 aliphatic carbocycles. The number of rotatable bonds is 8. The van der Waals surface area contributed by atoms with E-state index in [1.54, 1.807) is 13.8 Å². The lowest BCUT2D eigenvalue weighted by atomic mass is 9.71. The molecule has 0 spiro atoms. The van der Waals surface area contributed by atoms with Crippen molar-refractivity contribution < 1.29 is 63.2 Å². The standard InChI is InChI=1S/C40H51NO13/c1-7-40(48)16-15-22-31(37(47)33-32(35(22)45)36(46)30-21(34(33)44)9-8-10-25(30)43)39(40)54-29-17-23(41(5)6)38(20(4)51-29)53-28-14-12-26(19(3)50-28)52-27-13-11-24(42)18(2)49-27/h8-10,18-20,23,26-29,38-39,43,45,47-48H,7,11-17H2,1-6H3. The number of aromatic hydroxyl groups is 3. The van der Waals surface area contributed by atoms with E-state index in [-0.39, 0.29) is 71.1 Å². The van der Waals surface area contributed by atoms with E-state index < -0.39 is 83.3 Å². The third kappa shape index (κ3) is 6.74. The molecule has 3 aliphatic heterocycles. The molecule has 294 valence electrons. The highest BCUT2D eigenvalue weighted by Crippen LogP contribution is 2.54. The average molecular weight is 754 g/mol. The van der Waals surface area contributed by atoms with Crippen LogP contribution in [0.3, 0.4) is 0 Å². The summed E-state index contributed by atoms with van der Waals surface area (Å²) in [7, 11) is 3.85. The van der Waals surface area contributed by atoms with Crippen molar-refractivity contribution in [2.24, 2.45) is 0 Å². The van der Waals surface area contributed by atoms with Crippen LogP contribution in [0.2, 0.25) is 0 Å². The Hall–Kier alpha value is -3.47. The van der Waals surface area contributed by atoms with Gasteiger partial charge in [-0.2, -0.15) is 0 Å². The van der Waals surface area contributed by atoms with Crippen LogP contribution >= 0.6 is 0 Å². The second kappa shape index (κ2) is 14.9. The summed E-state index contributed by atoms with van der Waals surface area (Å²) in [5.41, 5.74) is -2.42. The number of phenols is 3. The molecule has 0 bridgehead atoms. The Morgan fingerprint density at radius 1 is 0.815 bits per heavy atom. The van der Waals surface area contributed by atoms with Crippen LogP contribution < -0.4 is 0 Å². The van der Waals surface area contributed by atoms with Crippen LogP contribution in [0.4, 0.5) is 0 Å². The number of carbonyl (C=O) groups is 3. The molecule has 0 saturated carbocycles. The third-order valence-electron chi connectivity index (χ3n) is 12.0. The number of nitrogens with zero attached hydrogens (tertiary/aromatic N) is 1. The molecule has 3 fully saturated rings. The van der Waals surface area contributed by atoms with Gasteiger partial charge in [0, 0.05) is 48.4 Å². The van der Waals surface area contributed by atoms with Gasteiger partial charge in [-0.3, -0.25) is 14.4 Å². The van der Waals surface area contributed by atoms with E-state index in [4.69, 9.17) is 28.4 Å². The van der Waals surface area contributed by atoms with Gasteiger partial charge in [0.05, 0.1) is 40.6 Å². The van der Waals surface area contributed by atoms with Crippen LogP contribution in [0.5, 0.6) is 17.2 Å². The van der Waals surface area contributed by atoms with Crippen LogP contribution in [0.25, 0.3) is 0 Å². The maximum Gasteiger partial charge on any atom is 0.202 e. The number of Topliss-reactive ketones (excluding diaryl/α,β-unsaturated/α-hetero) is 1. The van der Waals surface area contributed by atoms with Gasteiger partial charge in [-0.05, 0) is 66.6 Å². The van der Waals surface area contributed by atoms with Gasteiger partial charge in [-0.25, -0.2) is 0 Å². The van der Waals surface area contributed by atoms with Crippen molar-refractivity contribution in [2.45, 2.75) is 146 Å². The third-order valence-corrected chi connectivity index (χ3v) is 12.0. The molecule has 0 aromatic heterocycles. The van der Waals surface area contributed by atoms with Crippen molar-refractivity contribution >= 4 is 17.3 Å². The first-order valence-electron chi connectivity index (χ1n) is 19.0. The van der Waals surface area contributed by atoms with E-state index in [1.165, 1.54) is 18.2 Å². The maximum atomic E-state index is 13.8. The molecule has 54 heavy (non-hydrogen) atoms. The van der Waals surface area contributed by atoms with Crippen molar-refractivity contribution in [3.63, 3.8) is 0 Å². The molecule has 14 nitrogen and oxygen atoms in total. The second-order valence-corrected chi connectivity index (χ2v) is 15.5. The predicted octanol–water partition coefficient (Wildman–Crippen LogP) is 4.18. The lowest BCUT2D eigenvalue weighted by Gasteiger charge is -2.48. The lowest BCUT2D eigenvalue weighted by Crippen LogP contribution is -2.57.